The fourth-order valence-corrected chi connectivity index (χ4v) is 1.66. The van der Waals surface area contributed by atoms with E-state index >= 15 is 0 Å². The summed E-state index contributed by atoms with van der Waals surface area (Å²) in [5.74, 6) is 0.484. The summed E-state index contributed by atoms with van der Waals surface area (Å²) in [5.41, 5.74) is 0.331. The van der Waals surface area contributed by atoms with Gasteiger partial charge in [0, 0.05) is 32.2 Å². The maximum atomic E-state index is 11.9. The molecule has 86 valence electrons. The van der Waals surface area contributed by atoms with Gasteiger partial charge in [-0.15, -0.1) is 0 Å². The summed E-state index contributed by atoms with van der Waals surface area (Å²) in [6.45, 7) is 3.99. The fourth-order valence-electron chi connectivity index (χ4n) is 1.66. The van der Waals surface area contributed by atoms with Crippen molar-refractivity contribution in [3.63, 3.8) is 0 Å². The average molecular weight is 223 g/mol. The smallest absolute Gasteiger partial charge is 0.276 e. The summed E-state index contributed by atoms with van der Waals surface area (Å²) in [4.78, 5) is 25.7. The van der Waals surface area contributed by atoms with Crippen LogP contribution in [0.5, 0.6) is 0 Å². The Morgan fingerprint density at radius 1 is 1.44 bits per heavy atom. The van der Waals surface area contributed by atoms with Crippen LogP contribution in [0.3, 0.4) is 0 Å². The van der Waals surface area contributed by atoms with Crippen molar-refractivity contribution in [1.82, 2.24) is 15.0 Å². The van der Waals surface area contributed by atoms with Gasteiger partial charge < -0.3 is 14.3 Å². The molecule has 1 aliphatic heterocycles. The Kier molecular flexibility index (Phi) is 2.89. The van der Waals surface area contributed by atoms with E-state index in [4.69, 9.17) is 4.52 Å². The molecule has 1 aliphatic rings. The van der Waals surface area contributed by atoms with Gasteiger partial charge in [-0.05, 0) is 6.92 Å². The highest BCUT2D eigenvalue weighted by atomic mass is 16.5. The zero-order valence-corrected chi connectivity index (χ0v) is 9.05. The van der Waals surface area contributed by atoms with Crippen LogP contribution in [0.4, 0.5) is 0 Å². The molecule has 16 heavy (non-hydrogen) atoms. The minimum absolute atomic E-state index is 0.137. The Morgan fingerprint density at radius 2 is 2.12 bits per heavy atom. The van der Waals surface area contributed by atoms with Crippen molar-refractivity contribution in [2.75, 3.05) is 26.2 Å². The number of aryl methyl sites for hydroxylation is 1. The van der Waals surface area contributed by atoms with Crippen molar-refractivity contribution in [1.29, 1.82) is 0 Å². The molecule has 0 N–H and O–H groups in total. The molecule has 0 spiro atoms. The van der Waals surface area contributed by atoms with E-state index in [2.05, 4.69) is 5.16 Å². The second-order valence-corrected chi connectivity index (χ2v) is 3.76. The number of piperazine rings is 1. The minimum atomic E-state index is -0.137. The topological polar surface area (TPSA) is 66.7 Å². The monoisotopic (exact) mass is 223 g/mol. The first-order chi connectivity index (χ1) is 7.70. The maximum Gasteiger partial charge on any atom is 0.276 e. The lowest BCUT2D eigenvalue weighted by molar-refractivity contribution is -0.119. The second-order valence-electron chi connectivity index (χ2n) is 3.76. The van der Waals surface area contributed by atoms with E-state index in [0.29, 0.717) is 37.6 Å². The summed E-state index contributed by atoms with van der Waals surface area (Å²) >= 11 is 0. The molecule has 0 aliphatic carbocycles. The largest absolute Gasteiger partial charge is 0.361 e. The molecule has 6 nitrogen and oxygen atoms in total. The van der Waals surface area contributed by atoms with Crippen LogP contribution < -0.4 is 0 Å². The van der Waals surface area contributed by atoms with Crippen molar-refractivity contribution in [3.05, 3.63) is 17.5 Å². The quantitative estimate of drug-likeness (QED) is 0.656. The van der Waals surface area contributed by atoms with Gasteiger partial charge in [0.05, 0.1) is 0 Å². The van der Waals surface area contributed by atoms with Crippen LogP contribution >= 0.6 is 0 Å². The van der Waals surface area contributed by atoms with Crippen molar-refractivity contribution >= 4 is 12.3 Å². The molecule has 0 saturated carbocycles. The van der Waals surface area contributed by atoms with Gasteiger partial charge in [-0.3, -0.25) is 9.59 Å². The predicted molar refractivity (Wildman–Crippen MR) is 54.8 cm³/mol. The molecule has 2 heterocycles. The molecule has 0 radical (unpaired) electrons. The third-order valence-corrected chi connectivity index (χ3v) is 2.60. The van der Waals surface area contributed by atoms with Gasteiger partial charge in [0.2, 0.25) is 6.41 Å². The Labute approximate surface area is 92.8 Å². The summed E-state index contributed by atoms with van der Waals surface area (Å²) < 4.78 is 4.85. The zero-order chi connectivity index (χ0) is 11.5. The minimum Gasteiger partial charge on any atom is -0.361 e. The first kappa shape index (κ1) is 10.7. The number of nitrogens with zero attached hydrogens (tertiary/aromatic N) is 3. The third-order valence-electron chi connectivity index (χ3n) is 2.60. The van der Waals surface area contributed by atoms with E-state index in [-0.39, 0.29) is 5.91 Å². The van der Waals surface area contributed by atoms with E-state index < -0.39 is 0 Å². The lowest BCUT2D eigenvalue weighted by Crippen LogP contribution is -2.48. The number of hydrogen-bond donors (Lipinski definition) is 0. The molecule has 2 amide bonds. The highest BCUT2D eigenvalue weighted by Gasteiger charge is 2.23. The number of carbonyl (C=O) groups is 2. The third kappa shape index (κ3) is 2.05. The van der Waals surface area contributed by atoms with Crippen LogP contribution in [0.25, 0.3) is 0 Å². The lowest BCUT2D eigenvalue weighted by Gasteiger charge is -2.31. The molecular formula is C10H13N3O3. The van der Waals surface area contributed by atoms with Gasteiger partial charge in [0.1, 0.15) is 5.76 Å². The van der Waals surface area contributed by atoms with Crippen LogP contribution in [0, 0.1) is 6.92 Å². The number of aromatic nitrogens is 1. The molecular weight excluding hydrogens is 210 g/mol. The molecule has 0 atom stereocenters. The van der Waals surface area contributed by atoms with E-state index in [1.165, 1.54) is 0 Å². The zero-order valence-electron chi connectivity index (χ0n) is 9.05. The van der Waals surface area contributed by atoms with Gasteiger partial charge in [0.15, 0.2) is 5.69 Å². The molecule has 1 fully saturated rings. The number of hydrogen-bond acceptors (Lipinski definition) is 4. The van der Waals surface area contributed by atoms with Crippen molar-refractivity contribution in [2.45, 2.75) is 6.92 Å². The fraction of sp³-hybridized carbons (Fsp3) is 0.500. The van der Waals surface area contributed by atoms with Gasteiger partial charge in [0.25, 0.3) is 5.91 Å². The van der Waals surface area contributed by atoms with Gasteiger partial charge in [-0.2, -0.15) is 0 Å². The number of amides is 2. The molecule has 0 aromatic carbocycles. The number of rotatable bonds is 2. The van der Waals surface area contributed by atoms with Crippen LogP contribution in [0.1, 0.15) is 16.2 Å². The van der Waals surface area contributed by atoms with E-state index in [0.717, 1.165) is 6.41 Å². The van der Waals surface area contributed by atoms with Crippen molar-refractivity contribution in [2.24, 2.45) is 0 Å². The van der Waals surface area contributed by atoms with Crippen LogP contribution in [0.2, 0.25) is 0 Å². The Balaban J connectivity index is 1.99. The SMILES string of the molecule is Cc1cc(C(=O)N2CCN(C=O)CC2)no1. The molecule has 1 saturated heterocycles. The van der Waals surface area contributed by atoms with E-state index in [1.54, 1.807) is 22.8 Å². The Bertz CT molecular complexity index is 394. The lowest BCUT2D eigenvalue weighted by atomic mass is 10.3. The van der Waals surface area contributed by atoms with Gasteiger partial charge >= 0.3 is 0 Å². The first-order valence-electron chi connectivity index (χ1n) is 5.12. The van der Waals surface area contributed by atoms with E-state index in [1.807, 2.05) is 0 Å². The summed E-state index contributed by atoms with van der Waals surface area (Å²) in [7, 11) is 0. The van der Waals surface area contributed by atoms with Crippen LogP contribution in [-0.2, 0) is 4.79 Å². The molecule has 0 bridgehead atoms. The van der Waals surface area contributed by atoms with Gasteiger partial charge in [-0.1, -0.05) is 5.16 Å². The van der Waals surface area contributed by atoms with Crippen molar-refractivity contribution < 1.29 is 14.1 Å². The summed E-state index contributed by atoms with van der Waals surface area (Å²) in [5, 5.41) is 3.68. The molecule has 2 rings (SSSR count). The first-order valence-corrected chi connectivity index (χ1v) is 5.12. The highest BCUT2D eigenvalue weighted by Crippen LogP contribution is 2.08. The molecule has 1 aromatic heterocycles. The number of carbonyl (C=O) groups excluding carboxylic acids is 2. The average Bonchev–Trinajstić information content (AvgIpc) is 2.75. The molecule has 6 heteroatoms. The highest BCUT2D eigenvalue weighted by molar-refractivity contribution is 5.92. The van der Waals surface area contributed by atoms with Crippen LogP contribution in [0.15, 0.2) is 10.6 Å². The van der Waals surface area contributed by atoms with Gasteiger partial charge in [-0.25, -0.2) is 0 Å². The van der Waals surface area contributed by atoms with E-state index in [9.17, 15) is 9.59 Å². The van der Waals surface area contributed by atoms with Crippen LogP contribution in [-0.4, -0.2) is 53.5 Å². The Hall–Kier alpha value is -1.85. The standard InChI is InChI=1S/C10H13N3O3/c1-8-6-9(11-16-8)10(15)13-4-2-12(7-14)3-5-13/h6-7H,2-5H2,1H3. The van der Waals surface area contributed by atoms with Crippen molar-refractivity contribution in [3.8, 4) is 0 Å². The molecule has 0 unspecified atom stereocenters. The normalized spacial score (nSPS) is 16.3. The Morgan fingerprint density at radius 3 is 2.62 bits per heavy atom. The maximum absolute atomic E-state index is 11.9. The second kappa shape index (κ2) is 4.34. The summed E-state index contributed by atoms with van der Waals surface area (Å²) in [6, 6.07) is 1.62. The molecule has 1 aromatic rings. The predicted octanol–water partition coefficient (Wildman–Crippen LogP) is -0.103. The summed E-state index contributed by atoms with van der Waals surface area (Å²) in [6.07, 6.45) is 0.808.